The number of fused-ring (bicyclic) bond motifs is 31. The van der Waals surface area contributed by atoms with Crippen molar-refractivity contribution >= 4 is 258 Å². The van der Waals surface area contributed by atoms with Crippen LogP contribution < -0.4 is 0 Å². The van der Waals surface area contributed by atoms with E-state index in [9.17, 15) is 0 Å². The van der Waals surface area contributed by atoms with Gasteiger partial charge in [0.15, 0.2) is 0 Å². The van der Waals surface area contributed by atoms with E-state index in [0.29, 0.717) is 0 Å². The molecule has 24 aromatic carbocycles. The van der Waals surface area contributed by atoms with E-state index < -0.39 is 0 Å². The largest absolute Gasteiger partial charge is 0.309 e. The van der Waals surface area contributed by atoms with Crippen molar-refractivity contribution < 1.29 is 0 Å². The van der Waals surface area contributed by atoms with Crippen LogP contribution in [0.5, 0.6) is 0 Å². The summed E-state index contributed by atoms with van der Waals surface area (Å²) in [7, 11) is 0. The van der Waals surface area contributed by atoms with E-state index >= 15 is 0 Å². The molecule has 0 fully saturated rings. The zero-order valence-corrected chi connectivity index (χ0v) is 81.9. The van der Waals surface area contributed by atoms with Crippen molar-refractivity contribution in [2.75, 3.05) is 0 Å². The maximum atomic E-state index is 2.47. The maximum Gasteiger partial charge on any atom is 0.0562 e. The molecule has 9 heteroatoms. The van der Waals surface area contributed by atoms with E-state index in [1.54, 1.807) is 0 Å². The highest BCUT2D eigenvalue weighted by Crippen LogP contribution is 2.51. The Bertz CT molecular complexity index is 11200. The summed E-state index contributed by atoms with van der Waals surface area (Å²) in [4.78, 5) is 0. The van der Waals surface area contributed by atoms with Crippen molar-refractivity contribution in [2.45, 2.75) is 0 Å². The smallest absolute Gasteiger partial charge is 0.0562 e. The summed E-state index contributed by atoms with van der Waals surface area (Å²) in [5.74, 6) is 0. The van der Waals surface area contributed by atoms with E-state index in [-0.39, 0.29) is 0 Å². The molecule has 0 saturated carbocycles. The molecular weight excluding hydrogens is 1840 g/mol. The van der Waals surface area contributed by atoms with E-state index in [1.807, 2.05) is 34.0 Å². The molecule has 33 rings (SSSR count). The van der Waals surface area contributed by atoms with E-state index in [2.05, 4.69) is 537 Å². The van der Waals surface area contributed by atoms with Crippen LogP contribution in [0.4, 0.5) is 0 Å². The lowest BCUT2D eigenvalue weighted by atomic mass is 10.0. The molecule has 0 saturated heterocycles. The van der Waals surface area contributed by atoms with Crippen molar-refractivity contribution in [1.82, 2.24) is 27.4 Å². The van der Waals surface area contributed by atoms with Crippen LogP contribution >= 0.6 is 34.0 Å². The zero-order chi connectivity index (χ0) is 96.2. The highest BCUT2D eigenvalue weighted by Gasteiger charge is 2.27. The molecule has 0 atom stereocenters. The number of nitrogens with zero attached hydrogens (tertiary/aromatic N) is 6. The summed E-state index contributed by atoms with van der Waals surface area (Å²) in [5, 5.41) is 30.8. The van der Waals surface area contributed by atoms with Crippen LogP contribution in [0.15, 0.2) is 510 Å². The van der Waals surface area contributed by atoms with Gasteiger partial charge in [0.1, 0.15) is 0 Å². The van der Waals surface area contributed by atoms with E-state index in [0.717, 1.165) is 17.1 Å². The number of thiophene rings is 3. The van der Waals surface area contributed by atoms with Gasteiger partial charge in [0.05, 0.1) is 66.2 Å². The third kappa shape index (κ3) is 13.0. The minimum absolute atomic E-state index is 1.16. The summed E-state index contributed by atoms with van der Waals surface area (Å²) in [5.41, 5.74) is 29.1. The standard InChI is InChI=1S/3C46H28N2S/c1-2-13-32(14-3-1)48-42-26-31-12-5-4-11-30(31)25-38(42)40-27-39-35-15-6-8-19-41(35)47(43(39)28-44(40)48)33-23-21-29(22-24-33)34-17-10-18-37-36-16-7-9-20-45(36)49-46(34)37;1-2-13-32(14-3-1)47-41-19-8-6-15-35(41)39-27-40-38-25-30-11-4-5-12-31(30)26-42(38)48(44(40)28-43(39)47)33-23-21-29(22-24-33)34-17-10-18-37-36-16-7-9-20-45(36)49-46(34)37;1-2-12-31(13-3-1)48-41-26-23-29-11-4-5-14-33(29)45(41)39-27-38-35-15-6-8-19-40(35)47(42(38)28-43(39)48)32-24-21-30(22-25-32)34-17-10-18-37-36-16-7-9-20-44(36)49-46(34)37/h3*1-28H. The van der Waals surface area contributed by atoms with Gasteiger partial charge in [-0.25, -0.2) is 0 Å². The SMILES string of the molecule is c1ccc(-n2c3cc4c(cc3c3c5ccccc5ccc32)c2ccccc2n4-c2ccc(-c3cccc4c3sc3ccccc34)cc2)cc1.c1ccc(-n2c3cc4ccccc4cc3c3cc4c5ccccc5n(-c5ccc(-c6cccc7c6sc6ccccc67)cc5)c4cc32)cc1.c1ccc(-n2c3ccccc3c3cc4c5cc6ccccc6cc5n(-c5ccc(-c6cccc7c6sc6ccccc67)cc5)c4cc32)cc1. The minimum atomic E-state index is 1.16. The minimum Gasteiger partial charge on any atom is -0.309 e. The monoisotopic (exact) mass is 1920 g/mol. The van der Waals surface area contributed by atoms with E-state index in [1.165, 1.54) is 274 Å². The average molecular weight is 1920 g/mol. The van der Waals surface area contributed by atoms with Gasteiger partial charge in [0.25, 0.3) is 0 Å². The second-order valence-electron chi connectivity index (χ2n) is 38.8. The lowest BCUT2D eigenvalue weighted by molar-refractivity contribution is 1.16. The fourth-order valence-electron chi connectivity index (χ4n) is 24.3. The zero-order valence-electron chi connectivity index (χ0n) is 79.4. The average Bonchev–Trinajstić information content (AvgIpc) is 1.55. The molecule has 0 aliphatic heterocycles. The Morgan fingerprint density at radius 2 is 0.367 bits per heavy atom. The molecule has 0 spiro atoms. The number of rotatable bonds is 9. The lowest BCUT2D eigenvalue weighted by Gasteiger charge is -2.11. The summed E-state index contributed by atoms with van der Waals surface area (Å²) >= 11 is 5.65. The molecule has 0 aliphatic rings. The summed E-state index contributed by atoms with van der Waals surface area (Å²) in [6, 6.07) is 187. The molecule has 0 aliphatic carbocycles. The molecule has 684 valence electrons. The molecule has 0 bridgehead atoms. The van der Waals surface area contributed by atoms with Crippen LogP contribution in [0.25, 0.3) is 291 Å². The van der Waals surface area contributed by atoms with Gasteiger partial charge in [-0.2, -0.15) is 0 Å². The third-order valence-corrected chi connectivity index (χ3v) is 34.5. The molecule has 0 unspecified atom stereocenters. The molecular formula is C138H84N6S3. The first-order chi connectivity index (χ1) is 72.9. The Kier molecular flexibility index (Phi) is 18.7. The number of benzene rings is 24. The second kappa shape index (κ2) is 33.1. The Labute approximate surface area is 855 Å². The van der Waals surface area contributed by atoms with E-state index in [4.69, 9.17) is 0 Å². The first-order valence-corrected chi connectivity index (χ1v) is 52.8. The van der Waals surface area contributed by atoms with Crippen molar-refractivity contribution in [3.8, 4) is 67.5 Å². The van der Waals surface area contributed by atoms with Crippen molar-refractivity contribution in [3.05, 3.63) is 510 Å². The predicted octanol–water partition coefficient (Wildman–Crippen LogP) is 39.2. The molecule has 0 amide bonds. The quantitative estimate of drug-likeness (QED) is 0.138. The summed E-state index contributed by atoms with van der Waals surface area (Å²) in [6.45, 7) is 0. The fourth-order valence-corrected chi connectivity index (χ4v) is 28.0. The predicted molar refractivity (Wildman–Crippen MR) is 633 cm³/mol. The van der Waals surface area contributed by atoms with Gasteiger partial charge < -0.3 is 27.4 Å². The Morgan fingerprint density at radius 3 is 0.728 bits per heavy atom. The van der Waals surface area contributed by atoms with Crippen LogP contribution in [-0.4, -0.2) is 27.4 Å². The van der Waals surface area contributed by atoms with Gasteiger partial charge in [0.2, 0.25) is 0 Å². The molecule has 6 nitrogen and oxygen atoms in total. The molecule has 0 N–H and O–H groups in total. The Morgan fingerprint density at radius 1 is 0.122 bits per heavy atom. The fraction of sp³-hybridized carbons (Fsp3) is 0. The van der Waals surface area contributed by atoms with Gasteiger partial charge in [-0.15, -0.1) is 34.0 Å². The van der Waals surface area contributed by atoms with Crippen molar-refractivity contribution in [3.63, 3.8) is 0 Å². The molecule has 33 aromatic rings. The topological polar surface area (TPSA) is 29.6 Å². The summed E-state index contributed by atoms with van der Waals surface area (Å²) < 4.78 is 22.7. The summed E-state index contributed by atoms with van der Waals surface area (Å²) in [6.07, 6.45) is 0. The van der Waals surface area contributed by atoms with Crippen LogP contribution in [-0.2, 0) is 0 Å². The van der Waals surface area contributed by atoms with Gasteiger partial charge in [-0.1, -0.05) is 334 Å². The van der Waals surface area contributed by atoms with Crippen molar-refractivity contribution in [1.29, 1.82) is 0 Å². The van der Waals surface area contributed by atoms with Crippen LogP contribution in [0.2, 0.25) is 0 Å². The van der Waals surface area contributed by atoms with Gasteiger partial charge >= 0.3 is 0 Å². The Balaban J connectivity index is 0.0000000999. The van der Waals surface area contributed by atoms with Crippen LogP contribution in [0.3, 0.4) is 0 Å². The molecule has 147 heavy (non-hydrogen) atoms. The van der Waals surface area contributed by atoms with Gasteiger partial charge in [-0.05, 0) is 242 Å². The van der Waals surface area contributed by atoms with Gasteiger partial charge in [-0.3, -0.25) is 0 Å². The number of para-hydroxylation sites is 6. The van der Waals surface area contributed by atoms with Crippen molar-refractivity contribution in [2.24, 2.45) is 0 Å². The third-order valence-electron chi connectivity index (χ3n) is 30.9. The number of hydrogen-bond acceptors (Lipinski definition) is 3. The second-order valence-corrected chi connectivity index (χ2v) is 42.0. The molecule has 9 heterocycles. The van der Waals surface area contributed by atoms with Gasteiger partial charge in [0, 0.05) is 159 Å². The first kappa shape index (κ1) is 83.2. The lowest BCUT2D eigenvalue weighted by Crippen LogP contribution is -1.96. The normalized spacial score (nSPS) is 12.1. The van der Waals surface area contributed by atoms with Crippen LogP contribution in [0, 0.1) is 0 Å². The van der Waals surface area contributed by atoms with Crippen LogP contribution in [0.1, 0.15) is 0 Å². The first-order valence-electron chi connectivity index (χ1n) is 50.3. The Hall–Kier alpha value is -18.5. The number of aromatic nitrogens is 6. The highest BCUT2D eigenvalue weighted by molar-refractivity contribution is 7.27. The molecule has 0 radical (unpaired) electrons. The maximum absolute atomic E-state index is 2.47. The molecule has 9 aromatic heterocycles. The number of hydrogen-bond donors (Lipinski definition) is 0. The highest BCUT2D eigenvalue weighted by atomic mass is 32.1.